The van der Waals surface area contributed by atoms with Crippen LogP contribution >= 0.6 is 0 Å². The number of amides is 1. The molecule has 0 atom stereocenters. The van der Waals surface area contributed by atoms with Crippen LogP contribution in [0.25, 0.3) is 0 Å². The largest absolute Gasteiger partial charge is 0.356 e. The highest BCUT2D eigenvalue weighted by Gasteiger charge is 2.04. The number of hydrogen-bond donors (Lipinski definition) is 3. The van der Waals surface area contributed by atoms with Crippen molar-refractivity contribution < 1.29 is 4.79 Å². The van der Waals surface area contributed by atoms with E-state index >= 15 is 0 Å². The molecule has 0 bridgehead atoms. The molecule has 1 aromatic rings. The van der Waals surface area contributed by atoms with E-state index in [0.29, 0.717) is 25.5 Å². The van der Waals surface area contributed by atoms with Gasteiger partial charge in [0.15, 0.2) is 5.96 Å². The minimum Gasteiger partial charge on any atom is -0.356 e. The molecule has 1 aromatic heterocycles. The molecule has 0 aromatic carbocycles. The van der Waals surface area contributed by atoms with Crippen LogP contribution in [-0.4, -0.2) is 36.5 Å². The molecular formula is C14H23N5O. The number of nitrogens with zero attached hydrogens (tertiary/aromatic N) is 2. The first-order chi connectivity index (χ1) is 9.61. The number of pyridine rings is 1. The summed E-state index contributed by atoms with van der Waals surface area (Å²) in [6.07, 6.45) is 2.17. The quantitative estimate of drug-likeness (QED) is 0.527. The Labute approximate surface area is 120 Å². The van der Waals surface area contributed by atoms with Gasteiger partial charge < -0.3 is 16.0 Å². The van der Waals surface area contributed by atoms with Gasteiger partial charge in [-0.1, -0.05) is 6.07 Å². The molecule has 0 aliphatic rings. The number of guanidine groups is 1. The van der Waals surface area contributed by atoms with Crippen molar-refractivity contribution in [2.75, 3.05) is 13.6 Å². The molecule has 1 rings (SSSR count). The average Bonchev–Trinajstić information content (AvgIpc) is 2.43. The summed E-state index contributed by atoms with van der Waals surface area (Å²) in [5.74, 6) is 0.695. The van der Waals surface area contributed by atoms with Gasteiger partial charge in [0.2, 0.25) is 5.91 Å². The van der Waals surface area contributed by atoms with Crippen molar-refractivity contribution in [3.8, 4) is 0 Å². The van der Waals surface area contributed by atoms with E-state index in [4.69, 9.17) is 0 Å². The zero-order chi connectivity index (χ0) is 14.8. The SMILES string of the molecule is CN=C(NCCC(=O)NC(C)C)NCc1ccccn1. The Bertz CT molecular complexity index is 430. The van der Waals surface area contributed by atoms with Crippen LogP contribution in [0.4, 0.5) is 0 Å². The second-order valence-corrected chi connectivity index (χ2v) is 4.65. The van der Waals surface area contributed by atoms with E-state index in [1.807, 2.05) is 32.0 Å². The van der Waals surface area contributed by atoms with Crippen molar-refractivity contribution >= 4 is 11.9 Å². The zero-order valence-electron chi connectivity index (χ0n) is 12.3. The second-order valence-electron chi connectivity index (χ2n) is 4.65. The molecule has 1 heterocycles. The first-order valence-corrected chi connectivity index (χ1v) is 6.75. The molecule has 0 saturated carbocycles. The fraction of sp³-hybridized carbons (Fsp3) is 0.500. The summed E-state index contributed by atoms with van der Waals surface area (Å²) >= 11 is 0. The minimum absolute atomic E-state index is 0.0349. The average molecular weight is 277 g/mol. The van der Waals surface area contributed by atoms with E-state index in [-0.39, 0.29) is 11.9 Å². The summed E-state index contributed by atoms with van der Waals surface area (Å²) in [4.78, 5) is 19.8. The minimum atomic E-state index is 0.0349. The van der Waals surface area contributed by atoms with Crippen molar-refractivity contribution in [2.24, 2.45) is 4.99 Å². The number of carbonyl (C=O) groups excluding carboxylic acids is 1. The molecule has 3 N–H and O–H groups in total. The molecule has 0 spiro atoms. The Morgan fingerprint density at radius 1 is 1.35 bits per heavy atom. The van der Waals surface area contributed by atoms with Crippen LogP contribution in [0.5, 0.6) is 0 Å². The highest BCUT2D eigenvalue weighted by atomic mass is 16.1. The maximum atomic E-state index is 11.5. The third-order valence-electron chi connectivity index (χ3n) is 2.48. The van der Waals surface area contributed by atoms with Crippen molar-refractivity contribution in [3.63, 3.8) is 0 Å². The van der Waals surface area contributed by atoms with Crippen LogP contribution in [0.2, 0.25) is 0 Å². The number of carbonyl (C=O) groups is 1. The summed E-state index contributed by atoms with van der Waals surface area (Å²) in [7, 11) is 1.70. The summed E-state index contributed by atoms with van der Waals surface area (Å²) in [6, 6.07) is 5.93. The molecule has 0 unspecified atom stereocenters. The predicted molar refractivity (Wildman–Crippen MR) is 80.3 cm³/mol. The smallest absolute Gasteiger partial charge is 0.221 e. The van der Waals surface area contributed by atoms with Gasteiger partial charge in [-0.2, -0.15) is 0 Å². The van der Waals surface area contributed by atoms with Gasteiger partial charge in [0.1, 0.15) is 0 Å². The van der Waals surface area contributed by atoms with E-state index in [1.165, 1.54) is 0 Å². The van der Waals surface area contributed by atoms with Gasteiger partial charge in [-0.3, -0.25) is 14.8 Å². The van der Waals surface area contributed by atoms with Gasteiger partial charge in [-0.05, 0) is 26.0 Å². The van der Waals surface area contributed by atoms with Crippen LogP contribution in [0.15, 0.2) is 29.4 Å². The molecule has 0 radical (unpaired) electrons. The van der Waals surface area contributed by atoms with Crippen molar-refractivity contribution in [2.45, 2.75) is 32.9 Å². The Morgan fingerprint density at radius 2 is 2.15 bits per heavy atom. The van der Waals surface area contributed by atoms with Gasteiger partial charge >= 0.3 is 0 Å². The van der Waals surface area contributed by atoms with Gasteiger partial charge in [-0.25, -0.2) is 0 Å². The lowest BCUT2D eigenvalue weighted by Gasteiger charge is -2.12. The van der Waals surface area contributed by atoms with Gasteiger partial charge in [0.05, 0.1) is 12.2 Å². The van der Waals surface area contributed by atoms with Crippen molar-refractivity contribution in [3.05, 3.63) is 30.1 Å². The van der Waals surface area contributed by atoms with Crippen molar-refractivity contribution in [1.29, 1.82) is 0 Å². The number of nitrogens with one attached hydrogen (secondary N) is 3. The molecule has 0 fully saturated rings. The van der Waals surface area contributed by atoms with E-state index in [2.05, 4.69) is 25.9 Å². The summed E-state index contributed by atoms with van der Waals surface area (Å²) in [5.41, 5.74) is 0.938. The summed E-state index contributed by atoms with van der Waals surface area (Å²) < 4.78 is 0. The molecule has 0 aliphatic carbocycles. The number of rotatable bonds is 6. The number of aromatic nitrogens is 1. The van der Waals surface area contributed by atoms with Crippen LogP contribution in [0, 0.1) is 0 Å². The number of hydrogen-bond acceptors (Lipinski definition) is 3. The standard InChI is InChI=1S/C14H23N5O/c1-11(2)19-13(20)7-9-17-14(15-3)18-10-12-6-4-5-8-16-12/h4-6,8,11H,7,9-10H2,1-3H3,(H,19,20)(H2,15,17,18). The lowest BCUT2D eigenvalue weighted by molar-refractivity contribution is -0.121. The monoisotopic (exact) mass is 277 g/mol. The van der Waals surface area contributed by atoms with Gasteiger partial charge in [-0.15, -0.1) is 0 Å². The lowest BCUT2D eigenvalue weighted by atomic mass is 10.3. The fourth-order valence-electron chi connectivity index (χ4n) is 1.59. The summed E-state index contributed by atoms with van der Waals surface area (Å²) in [6.45, 7) is 5.02. The Balaban J connectivity index is 2.25. The molecule has 6 heteroatoms. The first kappa shape index (κ1) is 15.9. The van der Waals surface area contributed by atoms with E-state index in [9.17, 15) is 4.79 Å². The molecule has 20 heavy (non-hydrogen) atoms. The summed E-state index contributed by atoms with van der Waals surface area (Å²) in [5, 5.41) is 9.08. The van der Waals surface area contributed by atoms with Gasteiger partial charge in [0, 0.05) is 32.3 Å². The molecule has 6 nitrogen and oxygen atoms in total. The second kappa shape index (κ2) is 8.90. The highest BCUT2D eigenvalue weighted by molar-refractivity contribution is 5.81. The maximum absolute atomic E-state index is 11.5. The Kier molecular flexibility index (Phi) is 7.10. The third kappa shape index (κ3) is 6.72. The molecule has 1 amide bonds. The fourth-order valence-corrected chi connectivity index (χ4v) is 1.59. The highest BCUT2D eigenvalue weighted by Crippen LogP contribution is 1.91. The molecule has 0 saturated heterocycles. The van der Waals surface area contributed by atoms with E-state index in [1.54, 1.807) is 13.2 Å². The maximum Gasteiger partial charge on any atom is 0.221 e. The van der Waals surface area contributed by atoms with Crippen LogP contribution in [-0.2, 0) is 11.3 Å². The zero-order valence-corrected chi connectivity index (χ0v) is 12.3. The van der Waals surface area contributed by atoms with Crippen molar-refractivity contribution in [1.82, 2.24) is 20.9 Å². The van der Waals surface area contributed by atoms with E-state index in [0.717, 1.165) is 5.69 Å². The topological polar surface area (TPSA) is 78.4 Å². The lowest BCUT2D eigenvalue weighted by Crippen LogP contribution is -2.39. The van der Waals surface area contributed by atoms with E-state index < -0.39 is 0 Å². The Morgan fingerprint density at radius 3 is 2.75 bits per heavy atom. The molecule has 110 valence electrons. The normalized spacial score (nSPS) is 11.3. The Hall–Kier alpha value is -2.11. The van der Waals surface area contributed by atoms with Gasteiger partial charge in [0.25, 0.3) is 0 Å². The van der Waals surface area contributed by atoms with Crippen LogP contribution in [0.3, 0.4) is 0 Å². The third-order valence-corrected chi connectivity index (χ3v) is 2.48. The predicted octanol–water partition coefficient (Wildman–Crippen LogP) is 0.661. The van der Waals surface area contributed by atoms with Crippen LogP contribution in [0.1, 0.15) is 26.0 Å². The number of aliphatic imine (C=N–C) groups is 1. The first-order valence-electron chi connectivity index (χ1n) is 6.75. The molecule has 0 aliphatic heterocycles. The van der Waals surface area contributed by atoms with Crippen LogP contribution < -0.4 is 16.0 Å². The molecular weight excluding hydrogens is 254 g/mol.